The Hall–Kier alpha value is -4.57. The van der Waals surface area contributed by atoms with E-state index in [1.54, 1.807) is 18.2 Å². The van der Waals surface area contributed by atoms with E-state index in [2.05, 4.69) is 46.5 Å². The fourth-order valence-electron chi connectivity index (χ4n) is 6.89. The number of pyridine rings is 1. The third kappa shape index (κ3) is 7.92. The highest BCUT2D eigenvalue weighted by molar-refractivity contribution is 8.00. The molecule has 52 heavy (non-hydrogen) atoms. The summed E-state index contributed by atoms with van der Waals surface area (Å²) in [6.45, 7) is 7.21. The van der Waals surface area contributed by atoms with E-state index in [0.29, 0.717) is 24.6 Å². The monoisotopic (exact) mass is 749 g/mol. The van der Waals surface area contributed by atoms with Gasteiger partial charge < -0.3 is 9.30 Å². The fourth-order valence-corrected chi connectivity index (χ4v) is 9.34. The SMILES string of the molecule is CC1Cc2c(OCc3ccc(-c4ccccc4)cn3)ccc3c2c(c(CC(C)(C)CC(=O)NS(=O)(=O)c2ccccc2)n3Cc2ccc(Cl)cc2)S1. The second-order valence-corrected chi connectivity index (χ2v) is 17.7. The molecule has 1 N–H and O–H groups in total. The largest absolute Gasteiger partial charge is 0.487 e. The van der Waals surface area contributed by atoms with Gasteiger partial charge in [0.1, 0.15) is 12.4 Å². The van der Waals surface area contributed by atoms with Gasteiger partial charge in [0.05, 0.1) is 16.1 Å². The lowest BCUT2D eigenvalue weighted by atomic mass is 9.84. The van der Waals surface area contributed by atoms with Crippen LogP contribution in [0.5, 0.6) is 5.75 Å². The number of hydrogen-bond acceptors (Lipinski definition) is 6. The first-order valence-electron chi connectivity index (χ1n) is 17.3. The molecule has 2 aromatic heterocycles. The number of halogens is 1. The van der Waals surface area contributed by atoms with Crippen molar-refractivity contribution in [2.24, 2.45) is 5.41 Å². The molecule has 0 saturated heterocycles. The highest BCUT2D eigenvalue weighted by Crippen LogP contribution is 2.48. The number of nitrogens with one attached hydrogen (secondary N) is 1. The van der Waals surface area contributed by atoms with Crippen LogP contribution in [0.15, 0.2) is 125 Å². The molecule has 1 amide bonds. The quantitative estimate of drug-likeness (QED) is 0.134. The van der Waals surface area contributed by atoms with Crippen LogP contribution in [-0.4, -0.2) is 29.1 Å². The van der Waals surface area contributed by atoms with E-state index < -0.39 is 21.3 Å². The highest BCUT2D eigenvalue weighted by atomic mass is 35.5. The number of sulfonamides is 1. The first-order chi connectivity index (χ1) is 25.0. The van der Waals surface area contributed by atoms with Crippen molar-refractivity contribution in [3.05, 3.63) is 143 Å². The topological polar surface area (TPSA) is 90.3 Å². The molecule has 0 fully saturated rings. The third-order valence-electron chi connectivity index (χ3n) is 9.31. The lowest BCUT2D eigenvalue weighted by Gasteiger charge is -2.27. The number of carbonyl (C=O) groups excluding carboxylic acids is 1. The molecule has 7 rings (SSSR count). The van der Waals surface area contributed by atoms with Crippen LogP contribution in [-0.2, 0) is 40.8 Å². The van der Waals surface area contributed by atoms with E-state index in [4.69, 9.17) is 21.3 Å². The minimum atomic E-state index is -3.98. The summed E-state index contributed by atoms with van der Waals surface area (Å²) in [4.78, 5) is 19.2. The number of rotatable bonds is 12. The number of thioether (sulfide) groups is 1. The van der Waals surface area contributed by atoms with Gasteiger partial charge in [-0.25, -0.2) is 13.1 Å². The zero-order valence-electron chi connectivity index (χ0n) is 29.3. The summed E-state index contributed by atoms with van der Waals surface area (Å²) in [6, 6.07) is 34.3. The molecule has 0 saturated carbocycles. The van der Waals surface area contributed by atoms with E-state index >= 15 is 0 Å². The molecule has 0 aliphatic carbocycles. The van der Waals surface area contributed by atoms with Gasteiger partial charge in [-0.2, -0.15) is 0 Å². The molecule has 3 heterocycles. The Kier molecular flexibility index (Phi) is 10.2. The maximum Gasteiger partial charge on any atom is 0.264 e. The van der Waals surface area contributed by atoms with Crippen LogP contribution in [0.2, 0.25) is 5.02 Å². The van der Waals surface area contributed by atoms with Crippen LogP contribution >= 0.6 is 23.4 Å². The number of nitrogens with zero attached hydrogens (tertiary/aromatic N) is 2. The van der Waals surface area contributed by atoms with E-state index in [1.165, 1.54) is 28.0 Å². The Morgan fingerprint density at radius 3 is 2.35 bits per heavy atom. The standard InChI is InChI=1S/C42H40ClN3O4S2/c1-28-22-35-38(50-27-33-19-16-31(25-44-33)30-10-6-4-7-11-30)21-20-36-40(35)41(51-28)37(46(36)26-29-14-17-32(43)18-15-29)23-42(2,3)24-39(47)45-52(48,49)34-12-8-5-9-13-34/h4-21,25,28H,22-24,26-27H2,1-3H3,(H,45,47). The first-order valence-corrected chi connectivity index (χ1v) is 20.0. The van der Waals surface area contributed by atoms with Crippen LogP contribution in [0.25, 0.3) is 22.0 Å². The van der Waals surface area contributed by atoms with Crippen LogP contribution in [0.1, 0.15) is 49.7 Å². The van der Waals surface area contributed by atoms with E-state index in [-0.39, 0.29) is 16.6 Å². The smallest absolute Gasteiger partial charge is 0.264 e. The van der Waals surface area contributed by atoms with Crippen LogP contribution in [0, 0.1) is 5.41 Å². The van der Waals surface area contributed by atoms with Gasteiger partial charge in [0.25, 0.3) is 10.0 Å². The first kappa shape index (κ1) is 35.8. The molecule has 1 aliphatic heterocycles. The van der Waals surface area contributed by atoms with Gasteiger partial charge >= 0.3 is 0 Å². The van der Waals surface area contributed by atoms with Crippen molar-refractivity contribution in [2.75, 3.05) is 0 Å². The van der Waals surface area contributed by atoms with Crippen molar-refractivity contribution in [3.8, 4) is 16.9 Å². The normalized spacial score (nSPS) is 14.3. The minimum absolute atomic E-state index is 0.0263. The predicted octanol–water partition coefficient (Wildman–Crippen LogP) is 9.48. The Labute approximate surface area is 314 Å². The molecule has 10 heteroatoms. The number of carbonyl (C=O) groups is 1. The molecular formula is C42H40ClN3O4S2. The summed E-state index contributed by atoms with van der Waals surface area (Å²) in [6.07, 6.45) is 3.31. The molecule has 4 aromatic carbocycles. The van der Waals surface area contributed by atoms with Crippen LogP contribution in [0.3, 0.4) is 0 Å². The Morgan fingerprint density at radius 1 is 0.942 bits per heavy atom. The molecule has 266 valence electrons. The number of benzene rings is 4. The van der Waals surface area contributed by atoms with Crippen molar-refractivity contribution < 1.29 is 17.9 Å². The maximum absolute atomic E-state index is 13.3. The van der Waals surface area contributed by atoms with Crippen molar-refractivity contribution in [1.29, 1.82) is 0 Å². The second kappa shape index (κ2) is 14.8. The highest BCUT2D eigenvalue weighted by Gasteiger charge is 2.33. The average molecular weight is 750 g/mol. The van der Waals surface area contributed by atoms with E-state index in [9.17, 15) is 13.2 Å². The molecular weight excluding hydrogens is 710 g/mol. The van der Waals surface area contributed by atoms with Gasteiger partial charge in [-0.3, -0.25) is 9.78 Å². The summed E-state index contributed by atoms with van der Waals surface area (Å²) in [5.74, 6) is 0.306. The fraction of sp³-hybridized carbons (Fsp3) is 0.238. The predicted molar refractivity (Wildman–Crippen MR) is 209 cm³/mol. The van der Waals surface area contributed by atoms with Crippen molar-refractivity contribution in [2.45, 2.75) is 68.2 Å². The van der Waals surface area contributed by atoms with Crippen molar-refractivity contribution in [3.63, 3.8) is 0 Å². The van der Waals surface area contributed by atoms with E-state index in [0.717, 1.165) is 45.8 Å². The Bertz CT molecular complexity index is 2330. The summed E-state index contributed by atoms with van der Waals surface area (Å²) in [5.41, 5.74) is 6.93. The third-order valence-corrected chi connectivity index (χ3v) is 12.2. The molecule has 1 atom stereocenters. The van der Waals surface area contributed by atoms with Gasteiger partial charge in [-0.05, 0) is 71.8 Å². The average Bonchev–Trinajstić information content (AvgIpc) is 3.40. The van der Waals surface area contributed by atoms with Gasteiger partial charge in [0.15, 0.2) is 0 Å². The van der Waals surface area contributed by atoms with Crippen LogP contribution in [0.4, 0.5) is 0 Å². The van der Waals surface area contributed by atoms with E-state index in [1.807, 2.05) is 80.3 Å². The van der Waals surface area contributed by atoms with Gasteiger partial charge in [0, 0.05) is 56.5 Å². The Morgan fingerprint density at radius 2 is 1.65 bits per heavy atom. The number of aromatic nitrogens is 2. The number of amides is 1. The zero-order chi connectivity index (χ0) is 36.5. The summed E-state index contributed by atoms with van der Waals surface area (Å²) in [5, 5.41) is 2.13. The van der Waals surface area contributed by atoms with Crippen molar-refractivity contribution in [1.82, 2.24) is 14.3 Å². The molecule has 1 unspecified atom stereocenters. The molecule has 6 aromatic rings. The number of ether oxygens (including phenoxy) is 1. The van der Waals surface area contributed by atoms with Gasteiger partial charge in [-0.15, -0.1) is 11.8 Å². The molecule has 1 aliphatic rings. The molecule has 0 bridgehead atoms. The molecule has 7 nitrogen and oxygen atoms in total. The van der Waals surface area contributed by atoms with Gasteiger partial charge in [0.2, 0.25) is 5.91 Å². The van der Waals surface area contributed by atoms with Crippen molar-refractivity contribution >= 4 is 50.2 Å². The zero-order valence-corrected chi connectivity index (χ0v) is 31.7. The summed E-state index contributed by atoms with van der Waals surface area (Å²) < 4.78 is 37.1. The Balaban J connectivity index is 1.20. The second-order valence-electron chi connectivity index (χ2n) is 14.1. The maximum atomic E-state index is 13.3. The summed E-state index contributed by atoms with van der Waals surface area (Å²) in [7, 11) is -3.98. The minimum Gasteiger partial charge on any atom is -0.487 e. The molecule has 0 spiro atoms. The molecule has 0 radical (unpaired) electrons. The number of hydrogen-bond donors (Lipinski definition) is 1. The summed E-state index contributed by atoms with van der Waals surface area (Å²) >= 11 is 8.10. The lowest BCUT2D eigenvalue weighted by molar-refractivity contribution is -0.121. The van der Waals surface area contributed by atoms with Gasteiger partial charge in [-0.1, -0.05) is 99.1 Å². The lowest BCUT2D eigenvalue weighted by Crippen LogP contribution is -2.34. The van der Waals surface area contributed by atoms with Crippen LogP contribution < -0.4 is 9.46 Å².